The molecule has 0 aromatic heterocycles. The molecule has 8 heteroatoms. The highest BCUT2D eigenvalue weighted by atomic mass is 32.3. The first kappa shape index (κ1) is 14.6. The molecule has 0 aliphatic heterocycles. The summed E-state index contributed by atoms with van der Waals surface area (Å²) in [5.41, 5.74) is 5.02. The molecule has 0 unspecified atom stereocenters. The molecule has 0 saturated heterocycles. The lowest BCUT2D eigenvalue weighted by atomic mass is 10.6. The summed E-state index contributed by atoms with van der Waals surface area (Å²) in [5.74, 6) is -0.421. The van der Waals surface area contributed by atoms with E-state index in [0.29, 0.717) is 6.54 Å². The van der Waals surface area contributed by atoms with Crippen LogP contribution >= 0.6 is 0 Å². The van der Waals surface area contributed by atoms with Gasteiger partial charge in [0, 0.05) is 12.6 Å². The minimum atomic E-state index is -4.67. The Morgan fingerprint density at radius 1 is 1.54 bits per heavy atom. The van der Waals surface area contributed by atoms with Crippen molar-refractivity contribution in [2.75, 3.05) is 13.2 Å². The van der Waals surface area contributed by atoms with Crippen LogP contribution in [0.25, 0.3) is 0 Å². The number of ether oxygens (including phenoxy) is 1. The number of hydrogen-bond acceptors (Lipinski definition) is 5. The molecule has 0 rings (SSSR count). The van der Waals surface area contributed by atoms with Gasteiger partial charge >= 0.3 is 16.4 Å². The third kappa shape index (κ3) is 35.5. The molecule has 0 aliphatic carbocycles. The zero-order chi connectivity index (χ0) is 10.9. The molecule has 0 spiro atoms. The van der Waals surface area contributed by atoms with Crippen molar-refractivity contribution in [3.05, 3.63) is 12.7 Å². The number of nitrogens with two attached hydrogens (primary N) is 1. The van der Waals surface area contributed by atoms with E-state index >= 15 is 0 Å². The summed E-state index contributed by atoms with van der Waals surface area (Å²) < 4.78 is 36.0. The van der Waals surface area contributed by atoms with Crippen LogP contribution in [0, 0.1) is 0 Å². The summed E-state index contributed by atoms with van der Waals surface area (Å²) >= 11 is 0. The smallest absolute Gasteiger partial charge is 0.394 e. The molecule has 4 N–H and O–H groups in total. The second-order valence-corrected chi connectivity index (χ2v) is 2.50. The van der Waals surface area contributed by atoms with Gasteiger partial charge in [-0.25, -0.2) is 4.79 Å². The Bertz CT molecular complexity index is 238. The summed E-state index contributed by atoms with van der Waals surface area (Å²) in [6.07, 6.45) is 1.11. The largest absolute Gasteiger partial charge is 0.461 e. The van der Waals surface area contributed by atoms with Crippen LogP contribution in [0.4, 0.5) is 0 Å². The number of esters is 1. The van der Waals surface area contributed by atoms with E-state index in [0.717, 1.165) is 6.08 Å². The molecule has 0 amide bonds. The molecular formula is C5H11NO6S. The Labute approximate surface area is 75.8 Å². The maximum absolute atomic E-state index is 10.2. The molecule has 7 nitrogen and oxygen atoms in total. The molecule has 0 aliphatic rings. The Morgan fingerprint density at radius 3 is 2.15 bits per heavy atom. The van der Waals surface area contributed by atoms with Gasteiger partial charge in [0.25, 0.3) is 0 Å². The van der Waals surface area contributed by atoms with Crippen LogP contribution in [0.2, 0.25) is 0 Å². The van der Waals surface area contributed by atoms with Crippen molar-refractivity contribution in [2.24, 2.45) is 5.73 Å². The van der Waals surface area contributed by atoms with E-state index in [2.05, 4.69) is 11.3 Å². The highest BCUT2D eigenvalue weighted by molar-refractivity contribution is 7.79. The van der Waals surface area contributed by atoms with Crippen molar-refractivity contribution in [3.63, 3.8) is 0 Å². The van der Waals surface area contributed by atoms with Crippen LogP contribution in [0.3, 0.4) is 0 Å². The molecule has 13 heavy (non-hydrogen) atoms. The summed E-state index contributed by atoms with van der Waals surface area (Å²) in [6.45, 7) is 3.83. The lowest BCUT2D eigenvalue weighted by Crippen LogP contribution is -2.11. The zero-order valence-electron chi connectivity index (χ0n) is 6.71. The summed E-state index contributed by atoms with van der Waals surface area (Å²) in [5, 5.41) is 0. The molecule has 0 atom stereocenters. The fourth-order valence-electron chi connectivity index (χ4n) is 0.218. The zero-order valence-corrected chi connectivity index (χ0v) is 7.53. The van der Waals surface area contributed by atoms with Crippen LogP contribution in [0.5, 0.6) is 0 Å². The topological polar surface area (TPSA) is 127 Å². The molecular weight excluding hydrogens is 202 g/mol. The van der Waals surface area contributed by atoms with Crippen LogP contribution in [-0.4, -0.2) is 36.6 Å². The van der Waals surface area contributed by atoms with Crippen molar-refractivity contribution in [1.82, 2.24) is 0 Å². The number of carbonyl (C=O) groups is 1. The van der Waals surface area contributed by atoms with E-state index < -0.39 is 16.4 Å². The van der Waals surface area contributed by atoms with Gasteiger partial charge in [0.05, 0.1) is 0 Å². The van der Waals surface area contributed by atoms with Gasteiger partial charge in [0.2, 0.25) is 0 Å². The van der Waals surface area contributed by atoms with E-state index in [9.17, 15) is 4.79 Å². The molecule has 0 aromatic rings. The van der Waals surface area contributed by atoms with E-state index in [1.165, 1.54) is 0 Å². The first-order valence-electron chi connectivity index (χ1n) is 3.00. The summed E-state index contributed by atoms with van der Waals surface area (Å²) in [4.78, 5) is 10.2. The van der Waals surface area contributed by atoms with E-state index in [-0.39, 0.29) is 6.61 Å². The van der Waals surface area contributed by atoms with Crippen molar-refractivity contribution < 1.29 is 27.1 Å². The minimum Gasteiger partial charge on any atom is -0.461 e. The van der Waals surface area contributed by atoms with E-state index in [4.69, 9.17) is 23.3 Å². The van der Waals surface area contributed by atoms with Gasteiger partial charge in [-0.05, 0) is 0 Å². The number of rotatable bonds is 3. The fraction of sp³-hybridized carbons (Fsp3) is 0.400. The van der Waals surface area contributed by atoms with Gasteiger partial charge in [-0.3, -0.25) is 9.11 Å². The third-order valence-corrected chi connectivity index (χ3v) is 0.529. The fourth-order valence-corrected chi connectivity index (χ4v) is 0.218. The molecule has 78 valence electrons. The monoisotopic (exact) mass is 213 g/mol. The van der Waals surface area contributed by atoms with Gasteiger partial charge in [0.15, 0.2) is 0 Å². The average molecular weight is 213 g/mol. The lowest BCUT2D eigenvalue weighted by molar-refractivity contribution is -0.137. The highest BCUT2D eigenvalue weighted by Gasteiger charge is 1.89. The second-order valence-electron chi connectivity index (χ2n) is 1.61. The first-order chi connectivity index (χ1) is 5.81. The molecule has 0 radical (unpaired) electrons. The second kappa shape index (κ2) is 7.68. The number of carbonyl (C=O) groups excluding carboxylic acids is 1. The molecule has 0 heterocycles. The Balaban J connectivity index is 0. The molecule has 0 fully saturated rings. The summed E-state index contributed by atoms with van der Waals surface area (Å²) in [6, 6.07) is 0. The Hall–Kier alpha value is -0.960. The normalized spacial score (nSPS) is 9.46. The third-order valence-electron chi connectivity index (χ3n) is 0.529. The van der Waals surface area contributed by atoms with Crippen molar-refractivity contribution in [2.45, 2.75) is 0 Å². The maximum Gasteiger partial charge on any atom is 0.394 e. The molecule has 0 aromatic carbocycles. The molecule has 0 bridgehead atoms. The first-order valence-corrected chi connectivity index (χ1v) is 4.40. The van der Waals surface area contributed by atoms with E-state index in [1.54, 1.807) is 0 Å². The number of hydrogen-bond donors (Lipinski definition) is 3. The van der Waals surface area contributed by atoms with Crippen molar-refractivity contribution in [1.29, 1.82) is 0 Å². The van der Waals surface area contributed by atoms with Gasteiger partial charge in [0.1, 0.15) is 6.61 Å². The van der Waals surface area contributed by atoms with Gasteiger partial charge in [-0.2, -0.15) is 8.42 Å². The predicted molar refractivity (Wildman–Crippen MR) is 44.4 cm³/mol. The van der Waals surface area contributed by atoms with E-state index in [1.807, 2.05) is 0 Å². The van der Waals surface area contributed by atoms with Crippen LogP contribution < -0.4 is 5.73 Å². The van der Waals surface area contributed by atoms with Crippen molar-refractivity contribution in [3.8, 4) is 0 Å². The average Bonchev–Trinajstić information content (AvgIpc) is 1.97. The standard InChI is InChI=1S/C5H9NO2.H2O4S/c1-2-5(7)8-4-3-6;1-5(2,3)4/h2H,1,3-4,6H2;(H2,1,2,3,4). The van der Waals surface area contributed by atoms with Crippen LogP contribution in [0.1, 0.15) is 0 Å². The van der Waals surface area contributed by atoms with Gasteiger partial charge in [-0.15, -0.1) is 0 Å². The SMILES string of the molecule is C=CC(=O)OCCN.O=S(=O)(O)O. The predicted octanol–water partition coefficient (Wildman–Crippen LogP) is -0.978. The van der Waals surface area contributed by atoms with Crippen molar-refractivity contribution >= 4 is 16.4 Å². The van der Waals surface area contributed by atoms with Crippen LogP contribution in [0.15, 0.2) is 12.7 Å². The highest BCUT2D eigenvalue weighted by Crippen LogP contribution is 1.74. The molecule has 0 saturated carbocycles. The summed E-state index contributed by atoms with van der Waals surface area (Å²) in [7, 11) is -4.67. The van der Waals surface area contributed by atoms with Gasteiger partial charge in [-0.1, -0.05) is 6.58 Å². The van der Waals surface area contributed by atoms with Gasteiger partial charge < -0.3 is 10.5 Å². The maximum atomic E-state index is 10.2. The quantitative estimate of drug-likeness (QED) is 0.312. The Kier molecular flexibility index (Phi) is 8.60. The van der Waals surface area contributed by atoms with Crippen LogP contribution in [-0.2, 0) is 19.9 Å². The minimum absolute atomic E-state index is 0.269. The Morgan fingerprint density at radius 2 is 1.92 bits per heavy atom. The lowest BCUT2D eigenvalue weighted by Gasteiger charge is -1.94.